The summed E-state index contributed by atoms with van der Waals surface area (Å²) in [4.78, 5) is 45.9. The Labute approximate surface area is 276 Å². The van der Waals surface area contributed by atoms with Gasteiger partial charge in [-0.3, -0.25) is 9.78 Å². The maximum Gasteiger partial charge on any atom is 0.407 e. The number of urea groups is 1. The van der Waals surface area contributed by atoms with Crippen molar-refractivity contribution in [1.82, 2.24) is 31.2 Å². The fourth-order valence-electron chi connectivity index (χ4n) is 4.32. The first-order valence-electron chi connectivity index (χ1n) is 15.1. The molecule has 0 fully saturated rings. The van der Waals surface area contributed by atoms with Crippen LogP contribution in [-0.4, -0.2) is 75.8 Å². The zero-order chi connectivity index (χ0) is 33.5. The fourth-order valence-corrected chi connectivity index (χ4v) is 4.96. The summed E-state index contributed by atoms with van der Waals surface area (Å²) < 4.78 is 5.33. The first-order chi connectivity index (χ1) is 21.3. The largest absolute Gasteiger partial charge is 0.444 e. The number of likely N-dealkylation sites (N-methyl/N-ethyl adjacent to an activating group) is 1. The molecule has 0 saturated heterocycles. The maximum absolute atomic E-state index is 13.3. The number of alkyl carbamates (subject to hydrolysis) is 1. The Morgan fingerprint density at radius 3 is 2.36 bits per heavy atom. The number of aliphatic hydroxyl groups excluding tert-OH is 1. The zero-order valence-corrected chi connectivity index (χ0v) is 28.8. The number of aromatic nitrogens is 1. The van der Waals surface area contributed by atoms with Crippen LogP contribution in [0.1, 0.15) is 58.4 Å². The van der Waals surface area contributed by atoms with Crippen LogP contribution in [0.5, 0.6) is 0 Å². The summed E-state index contributed by atoms with van der Waals surface area (Å²) in [5.41, 5.74) is 3.37. The lowest BCUT2D eigenvalue weighted by Crippen LogP contribution is -2.55. The van der Waals surface area contributed by atoms with Crippen LogP contribution >= 0.6 is 23.6 Å². The Morgan fingerprint density at radius 1 is 1.09 bits per heavy atom. The fraction of sp³-hybridized carbons (Fsp3) is 0.531. The van der Waals surface area contributed by atoms with Crippen molar-refractivity contribution in [1.29, 1.82) is 0 Å². The van der Waals surface area contributed by atoms with Gasteiger partial charge >= 0.3 is 12.1 Å². The van der Waals surface area contributed by atoms with Gasteiger partial charge in [0.1, 0.15) is 12.6 Å². The lowest BCUT2D eigenvalue weighted by molar-refractivity contribution is -0.124. The number of aliphatic hydroxyl groups is 1. The molecule has 5 N–H and O–H groups in total. The summed E-state index contributed by atoms with van der Waals surface area (Å²) in [6.45, 7) is 11.7. The van der Waals surface area contributed by atoms with Crippen molar-refractivity contribution in [2.45, 2.75) is 85.2 Å². The third-order valence-corrected chi connectivity index (χ3v) is 8.34. The van der Waals surface area contributed by atoms with Crippen LogP contribution in [0.25, 0.3) is 0 Å². The van der Waals surface area contributed by atoms with Gasteiger partial charge in [-0.2, -0.15) is 0 Å². The Kier molecular flexibility index (Phi) is 16.0. The molecule has 4 atom stereocenters. The molecule has 4 amide bonds. The third kappa shape index (κ3) is 13.5. The van der Waals surface area contributed by atoms with E-state index < -0.39 is 36.4 Å². The second-order valence-electron chi connectivity index (χ2n) is 11.7. The number of allylic oxidation sites excluding steroid dienone is 1. The Morgan fingerprint density at radius 2 is 1.78 bits per heavy atom. The highest BCUT2D eigenvalue weighted by atomic mass is 32.1. The number of nitrogens with one attached hydrogen (secondary N) is 4. The van der Waals surface area contributed by atoms with Crippen LogP contribution in [0.15, 0.2) is 53.8 Å². The summed E-state index contributed by atoms with van der Waals surface area (Å²) in [6, 6.07) is 7.14. The topological polar surface area (TPSA) is 145 Å². The minimum absolute atomic E-state index is 0.0759. The second kappa shape index (κ2) is 19.1. The molecule has 2 aromatic rings. The summed E-state index contributed by atoms with van der Waals surface area (Å²) in [6.07, 6.45) is 2.35. The molecule has 2 rings (SSSR count). The molecule has 13 heteroatoms. The van der Waals surface area contributed by atoms with Gasteiger partial charge in [0.05, 0.1) is 34.1 Å². The van der Waals surface area contributed by atoms with E-state index in [4.69, 9.17) is 17.0 Å². The predicted molar refractivity (Wildman–Crippen MR) is 182 cm³/mol. The first-order valence-corrected chi connectivity index (χ1v) is 16.4. The van der Waals surface area contributed by atoms with E-state index in [0.717, 1.165) is 16.1 Å². The lowest BCUT2D eigenvalue weighted by atomic mass is 9.96. The van der Waals surface area contributed by atoms with E-state index in [9.17, 15) is 19.5 Å². The van der Waals surface area contributed by atoms with E-state index >= 15 is 0 Å². The molecule has 1 heterocycles. The number of thiocarbonyl (C=S) groups is 1. The average molecular weight is 661 g/mol. The van der Waals surface area contributed by atoms with E-state index in [2.05, 4.69) is 26.3 Å². The molecule has 0 spiro atoms. The molecule has 0 aliphatic rings. The number of benzene rings is 1. The molecule has 1 unspecified atom stereocenters. The van der Waals surface area contributed by atoms with E-state index in [0.29, 0.717) is 11.4 Å². The van der Waals surface area contributed by atoms with Gasteiger partial charge in [-0.25, -0.2) is 9.59 Å². The number of ether oxygens (including phenoxy) is 1. The van der Waals surface area contributed by atoms with Crippen LogP contribution in [-0.2, 0) is 22.6 Å². The lowest BCUT2D eigenvalue weighted by Gasteiger charge is -2.29. The molecule has 11 nitrogen and oxygen atoms in total. The minimum atomic E-state index is -1.00. The molecule has 0 radical (unpaired) electrons. The van der Waals surface area contributed by atoms with E-state index in [1.54, 1.807) is 25.7 Å². The van der Waals surface area contributed by atoms with Gasteiger partial charge in [0.15, 0.2) is 0 Å². The van der Waals surface area contributed by atoms with Crippen molar-refractivity contribution in [3.05, 3.63) is 64.3 Å². The Balaban J connectivity index is 2.00. The normalized spacial score (nSPS) is 14.2. The van der Waals surface area contributed by atoms with Crippen molar-refractivity contribution in [3.8, 4) is 0 Å². The van der Waals surface area contributed by atoms with Crippen molar-refractivity contribution in [2.75, 3.05) is 13.6 Å². The van der Waals surface area contributed by atoms with Crippen molar-refractivity contribution in [2.24, 2.45) is 11.8 Å². The molecule has 1 aromatic carbocycles. The van der Waals surface area contributed by atoms with Gasteiger partial charge < -0.3 is 36.0 Å². The van der Waals surface area contributed by atoms with Gasteiger partial charge in [-0.05, 0) is 38.2 Å². The van der Waals surface area contributed by atoms with Gasteiger partial charge in [0.2, 0.25) is 5.91 Å². The summed E-state index contributed by atoms with van der Waals surface area (Å²) >= 11 is 6.75. The monoisotopic (exact) mass is 660 g/mol. The van der Waals surface area contributed by atoms with Crippen LogP contribution in [0.4, 0.5) is 9.59 Å². The average Bonchev–Trinajstić information content (AvgIpc) is 3.51. The Hall–Kier alpha value is -3.55. The predicted octanol–water partition coefficient (Wildman–Crippen LogP) is 4.38. The standard InChI is InChI=1S/C32H48N6O5S2/c1-8-24(35-30(44)21(4)5)17-38(7)31(41)37-28(20(2)3)29(40)34-22(6)14-27(39)26(15-23-12-10-9-11-13-23)36-32(42)43-18-25-16-33-19-45-25/h8-13,16,19-22,26-28,39H,14-15,17-18H2,1-7H3,(H,34,40)(H,35,44)(H,36,42)(H,37,41)/b24-8-/t22-,26-,27-,28?/m0/s1. The second-order valence-corrected chi connectivity index (χ2v) is 13.1. The molecule has 0 aliphatic carbocycles. The van der Waals surface area contributed by atoms with Crippen molar-refractivity contribution < 1.29 is 24.2 Å². The van der Waals surface area contributed by atoms with E-state index in [1.165, 1.54) is 16.2 Å². The summed E-state index contributed by atoms with van der Waals surface area (Å²) in [5.74, 6) is -0.405. The SMILES string of the molecule is C/C=C(/CN(C)C(=O)NC(C(=O)N[C@@H](C)C[C@H](O)[C@H](Cc1ccccc1)NC(=O)OCc1cncs1)C(C)C)NC(=S)C(C)C. The molecule has 0 bridgehead atoms. The number of hydrogen-bond acceptors (Lipinski definition) is 8. The third-order valence-electron chi connectivity index (χ3n) is 7.02. The molecular formula is C32H48N6O5S2. The van der Waals surface area contributed by atoms with Gasteiger partial charge in [0, 0.05) is 30.9 Å². The molecule has 0 aliphatic heterocycles. The Bertz CT molecular complexity index is 1260. The minimum Gasteiger partial charge on any atom is -0.444 e. The van der Waals surface area contributed by atoms with Crippen molar-refractivity contribution >= 4 is 46.6 Å². The number of nitrogens with zero attached hydrogens (tertiary/aromatic N) is 2. The molecule has 45 heavy (non-hydrogen) atoms. The van der Waals surface area contributed by atoms with Crippen LogP contribution in [0.3, 0.4) is 0 Å². The molecule has 248 valence electrons. The van der Waals surface area contributed by atoms with Crippen LogP contribution < -0.4 is 21.3 Å². The molecule has 1 aromatic heterocycles. The highest BCUT2D eigenvalue weighted by Crippen LogP contribution is 2.13. The highest BCUT2D eigenvalue weighted by molar-refractivity contribution is 7.80. The summed E-state index contributed by atoms with van der Waals surface area (Å²) in [5, 5.41) is 22.9. The number of rotatable bonds is 16. The zero-order valence-electron chi connectivity index (χ0n) is 27.2. The smallest absolute Gasteiger partial charge is 0.407 e. The van der Waals surface area contributed by atoms with E-state index in [1.807, 2.05) is 71.0 Å². The maximum atomic E-state index is 13.3. The van der Waals surface area contributed by atoms with Gasteiger partial charge in [-0.1, -0.05) is 76.3 Å². The molecule has 0 saturated carbocycles. The number of thiazole rings is 1. The van der Waals surface area contributed by atoms with Crippen molar-refractivity contribution in [3.63, 3.8) is 0 Å². The highest BCUT2D eigenvalue weighted by Gasteiger charge is 2.29. The van der Waals surface area contributed by atoms with Crippen LogP contribution in [0, 0.1) is 11.8 Å². The first kappa shape index (κ1) is 37.6. The van der Waals surface area contributed by atoms with E-state index in [-0.39, 0.29) is 37.3 Å². The quantitative estimate of drug-likeness (QED) is 0.167. The molecular weight excluding hydrogens is 613 g/mol. The number of carbonyl (C=O) groups is 3. The summed E-state index contributed by atoms with van der Waals surface area (Å²) in [7, 11) is 1.65. The van der Waals surface area contributed by atoms with Gasteiger partial charge in [0.25, 0.3) is 0 Å². The van der Waals surface area contributed by atoms with Gasteiger partial charge in [-0.15, -0.1) is 11.3 Å². The number of carbonyl (C=O) groups excluding carboxylic acids is 3. The van der Waals surface area contributed by atoms with Crippen LogP contribution in [0.2, 0.25) is 0 Å². The number of hydrogen-bond donors (Lipinski definition) is 5. The number of amides is 4.